The number of ether oxygens (including phenoxy) is 1. The van der Waals surface area contributed by atoms with Crippen LogP contribution in [0.1, 0.15) is 11.1 Å². The van der Waals surface area contributed by atoms with E-state index in [1.54, 1.807) is 74.0 Å². The lowest BCUT2D eigenvalue weighted by atomic mass is 10.0. The number of benzene rings is 1. The molecule has 0 saturated heterocycles. The molecule has 3 heterocycles. The number of nitrogens with one attached hydrogen (secondary N) is 2. The fraction of sp³-hybridized carbons (Fsp3) is 0.238. The van der Waals surface area contributed by atoms with Crippen LogP contribution in [0.25, 0.3) is 11.3 Å². The molecule has 0 fully saturated rings. The summed E-state index contributed by atoms with van der Waals surface area (Å²) in [5.74, 6) is 1.17. The highest BCUT2D eigenvalue weighted by Crippen LogP contribution is 2.27. The Morgan fingerprint density at radius 2 is 2.10 bits per heavy atom. The predicted octanol–water partition coefficient (Wildman–Crippen LogP) is 1.65. The number of fused-ring (bicyclic) bond motifs is 1. The fourth-order valence-electron chi connectivity index (χ4n) is 3.39. The van der Waals surface area contributed by atoms with Gasteiger partial charge < -0.3 is 20.1 Å². The van der Waals surface area contributed by atoms with Crippen LogP contribution in [0.15, 0.2) is 58.5 Å². The van der Waals surface area contributed by atoms with E-state index in [-0.39, 0.29) is 5.56 Å². The molecule has 0 saturated carbocycles. The van der Waals surface area contributed by atoms with E-state index in [4.69, 9.17) is 4.74 Å². The van der Waals surface area contributed by atoms with Gasteiger partial charge in [0.1, 0.15) is 24.6 Å². The van der Waals surface area contributed by atoms with Crippen LogP contribution in [0.3, 0.4) is 0 Å². The molecular weight excluding hydrogens is 389 g/mol. The summed E-state index contributed by atoms with van der Waals surface area (Å²) in [6.45, 7) is -0.762. The summed E-state index contributed by atoms with van der Waals surface area (Å²) in [4.78, 5) is 19.4. The molecule has 2 aliphatic heterocycles. The maximum absolute atomic E-state index is 13.5. The summed E-state index contributed by atoms with van der Waals surface area (Å²) in [5, 5.41) is 15.5. The number of alkyl halides is 1. The van der Waals surface area contributed by atoms with Gasteiger partial charge in [0, 0.05) is 36.2 Å². The first kappa shape index (κ1) is 19.9. The second kappa shape index (κ2) is 8.13. The average Bonchev–Trinajstić information content (AvgIpc) is 2.76. The number of aliphatic imine (C=N–C) groups is 1. The molecule has 0 aliphatic carbocycles. The van der Waals surface area contributed by atoms with Crippen molar-refractivity contribution in [2.45, 2.75) is 12.5 Å². The van der Waals surface area contributed by atoms with Gasteiger partial charge in [-0.15, -0.1) is 0 Å². The second-order valence-electron chi connectivity index (χ2n) is 6.89. The summed E-state index contributed by atoms with van der Waals surface area (Å²) >= 11 is 0. The van der Waals surface area contributed by atoms with Gasteiger partial charge in [-0.1, -0.05) is 6.08 Å². The molecule has 0 radical (unpaired) electrons. The molecular formula is C21H22FN5O3. The Morgan fingerprint density at radius 3 is 2.77 bits per heavy atom. The number of hydrogen-bond donors (Lipinski definition) is 3. The van der Waals surface area contributed by atoms with Gasteiger partial charge in [-0.3, -0.25) is 19.7 Å². The van der Waals surface area contributed by atoms with Crippen LogP contribution in [0.4, 0.5) is 10.2 Å². The third-order valence-electron chi connectivity index (χ3n) is 4.99. The number of halogens is 1. The van der Waals surface area contributed by atoms with Crippen LogP contribution in [0.5, 0.6) is 5.75 Å². The van der Waals surface area contributed by atoms with Crippen molar-refractivity contribution < 1.29 is 14.2 Å². The van der Waals surface area contributed by atoms with Crippen LogP contribution in [0.2, 0.25) is 0 Å². The lowest BCUT2D eigenvalue weighted by Gasteiger charge is -2.27. The molecule has 2 unspecified atom stereocenters. The molecule has 0 bridgehead atoms. The first-order valence-corrected chi connectivity index (χ1v) is 9.36. The van der Waals surface area contributed by atoms with Gasteiger partial charge in [0.15, 0.2) is 6.29 Å². The van der Waals surface area contributed by atoms with Gasteiger partial charge in [0.05, 0.1) is 12.8 Å². The van der Waals surface area contributed by atoms with Gasteiger partial charge in [-0.05, 0) is 36.4 Å². The van der Waals surface area contributed by atoms with Crippen molar-refractivity contribution in [1.29, 1.82) is 0 Å². The zero-order valence-corrected chi connectivity index (χ0v) is 16.5. The standard InChI is InChI=1S/C21H22FN5O3/c1-26-11-13(3-8-18(26)28)17-9-14-10-23-21(24-12-22)25-19(14)27(20(17)29)15-4-6-16(30-2)7-5-15/h3-11,18,21,24-25,28H,12H2,1-2H3. The minimum absolute atomic E-state index is 0.263. The van der Waals surface area contributed by atoms with Gasteiger partial charge >= 0.3 is 0 Å². The van der Waals surface area contributed by atoms with E-state index in [0.29, 0.717) is 34.0 Å². The average molecular weight is 411 g/mol. The first-order chi connectivity index (χ1) is 14.5. The first-order valence-electron chi connectivity index (χ1n) is 9.36. The second-order valence-corrected chi connectivity index (χ2v) is 6.89. The Balaban J connectivity index is 1.90. The number of allylic oxidation sites excluding steroid dienone is 2. The summed E-state index contributed by atoms with van der Waals surface area (Å²) in [7, 11) is 3.30. The number of aliphatic hydroxyl groups is 1. The summed E-state index contributed by atoms with van der Waals surface area (Å²) in [6.07, 6.45) is 5.21. The quantitative estimate of drug-likeness (QED) is 0.649. The van der Waals surface area contributed by atoms with E-state index in [9.17, 15) is 14.3 Å². The van der Waals surface area contributed by atoms with Crippen LogP contribution >= 0.6 is 0 Å². The summed E-state index contributed by atoms with van der Waals surface area (Å²) in [6, 6.07) is 8.81. The molecule has 30 heavy (non-hydrogen) atoms. The van der Waals surface area contributed by atoms with Crippen molar-refractivity contribution in [3.63, 3.8) is 0 Å². The van der Waals surface area contributed by atoms with Gasteiger partial charge in [0.2, 0.25) is 0 Å². The number of rotatable bonds is 5. The third kappa shape index (κ3) is 3.60. The molecule has 8 nitrogen and oxygen atoms in total. The van der Waals surface area contributed by atoms with Crippen molar-refractivity contribution in [3.05, 3.63) is 70.2 Å². The number of hydrogen-bond acceptors (Lipinski definition) is 7. The number of anilines is 1. The van der Waals surface area contributed by atoms with E-state index in [2.05, 4.69) is 15.6 Å². The highest BCUT2D eigenvalue weighted by molar-refractivity contribution is 5.91. The Morgan fingerprint density at radius 1 is 1.33 bits per heavy atom. The third-order valence-corrected chi connectivity index (χ3v) is 4.99. The number of likely N-dealkylation sites (N-methyl/N-ethyl adjacent to an activating group) is 1. The van der Waals surface area contributed by atoms with Crippen LogP contribution in [0, 0.1) is 0 Å². The van der Waals surface area contributed by atoms with Crippen molar-refractivity contribution in [1.82, 2.24) is 14.8 Å². The normalized spacial score (nSPS) is 19.9. The van der Waals surface area contributed by atoms with E-state index < -0.39 is 19.3 Å². The maximum atomic E-state index is 13.5. The number of nitrogens with zero attached hydrogens (tertiary/aromatic N) is 3. The van der Waals surface area contributed by atoms with Crippen LogP contribution in [-0.4, -0.2) is 54.3 Å². The SMILES string of the molecule is COc1ccc(-n2c3c(cc(C4=CN(C)C(O)C=C4)c2=O)C=NC(NCF)N3)cc1. The predicted molar refractivity (Wildman–Crippen MR) is 114 cm³/mol. The topological polar surface area (TPSA) is 91.1 Å². The van der Waals surface area contributed by atoms with Crippen LogP contribution < -0.4 is 20.9 Å². The molecule has 3 N–H and O–H groups in total. The molecule has 2 aromatic rings. The minimum atomic E-state index is -0.762. The molecule has 2 aliphatic rings. The van der Waals surface area contributed by atoms with Gasteiger partial charge in [-0.2, -0.15) is 0 Å². The molecule has 1 aromatic heterocycles. The number of pyridine rings is 1. The molecule has 2 atom stereocenters. The van der Waals surface area contributed by atoms with Crippen molar-refractivity contribution in [3.8, 4) is 11.4 Å². The fourth-order valence-corrected chi connectivity index (χ4v) is 3.39. The zero-order valence-electron chi connectivity index (χ0n) is 16.5. The highest BCUT2D eigenvalue weighted by atomic mass is 19.1. The molecule has 0 spiro atoms. The number of aromatic nitrogens is 1. The van der Waals surface area contributed by atoms with Crippen LogP contribution in [-0.2, 0) is 0 Å². The molecule has 156 valence electrons. The van der Waals surface area contributed by atoms with Crippen molar-refractivity contribution in [2.24, 2.45) is 4.99 Å². The summed E-state index contributed by atoms with van der Waals surface area (Å²) in [5.41, 5.74) is 2.15. The smallest absolute Gasteiger partial charge is 0.264 e. The Labute approximate surface area is 172 Å². The van der Waals surface area contributed by atoms with Gasteiger partial charge in [0.25, 0.3) is 5.56 Å². The van der Waals surface area contributed by atoms with E-state index in [0.717, 1.165) is 0 Å². The monoisotopic (exact) mass is 411 g/mol. The lowest BCUT2D eigenvalue weighted by molar-refractivity contribution is 0.0980. The van der Waals surface area contributed by atoms with Gasteiger partial charge in [-0.25, -0.2) is 4.39 Å². The van der Waals surface area contributed by atoms with E-state index in [1.807, 2.05) is 0 Å². The molecule has 9 heteroatoms. The molecule has 1 aromatic carbocycles. The van der Waals surface area contributed by atoms with Crippen molar-refractivity contribution in [2.75, 3.05) is 26.3 Å². The van der Waals surface area contributed by atoms with E-state index >= 15 is 0 Å². The van der Waals surface area contributed by atoms with Crippen molar-refractivity contribution >= 4 is 17.6 Å². The largest absolute Gasteiger partial charge is 0.497 e. The molecule has 0 amide bonds. The highest BCUT2D eigenvalue weighted by Gasteiger charge is 2.23. The Kier molecular flexibility index (Phi) is 5.39. The Hall–Kier alpha value is -3.43. The number of methoxy groups -OCH3 is 1. The lowest BCUT2D eigenvalue weighted by Crippen LogP contribution is -2.39. The number of aliphatic hydroxyl groups excluding tert-OH is 1. The maximum Gasteiger partial charge on any atom is 0.264 e. The minimum Gasteiger partial charge on any atom is -0.497 e. The zero-order chi connectivity index (χ0) is 21.3. The summed E-state index contributed by atoms with van der Waals surface area (Å²) < 4.78 is 19.5. The van der Waals surface area contributed by atoms with E-state index in [1.165, 1.54) is 4.57 Å². The Bertz CT molecular complexity index is 1090. The molecule has 4 rings (SSSR count).